The topological polar surface area (TPSA) is 167 Å². The van der Waals surface area contributed by atoms with Crippen LogP contribution in [0.25, 0.3) is 22.8 Å². The average Bonchev–Trinajstić information content (AvgIpc) is 3.59. The third-order valence-corrected chi connectivity index (χ3v) is 10.7. The first kappa shape index (κ1) is 39.3. The van der Waals surface area contributed by atoms with Crippen LogP contribution in [-0.4, -0.2) is 72.6 Å². The van der Waals surface area contributed by atoms with Gasteiger partial charge in [0.1, 0.15) is 30.5 Å². The molecular formula is C40H43N8O6P. The Labute approximate surface area is 321 Å². The van der Waals surface area contributed by atoms with E-state index in [4.69, 9.17) is 23.5 Å². The van der Waals surface area contributed by atoms with Crippen molar-refractivity contribution in [1.82, 2.24) is 29.2 Å². The lowest BCUT2D eigenvalue weighted by molar-refractivity contribution is -0.0389. The predicted molar refractivity (Wildman–Crippen MR) is 208 cm³/mol. The number of carbonyl (C=O) groups excluding carboxylic acids is 1. The number of hydrogen-bond acceptors (Lipinski definition) is 12. The van der Waals surface area contributed by atoms with Crippen molar-refractivity contribution in [3.8, 4) is 34.6 Å². The summed E-state index contributed by atoms with van der Waals surface area (Å²) in [5.74, 6) is 0.244. The summed E-state index contributed by atoms with van der Waals surface area (Å²) in [6.07, 6.45) is 3.40. The predicted octanol–water partition coefficient (Wildman–Crippen LogP) is 7.04. The van der Waals surface area contributed by atoms with Gasteiger partial charge in [0.25, 0.3) is 14.4 Å². The standard InChI is InChI=1S/C40H43N8O6P/c1-27(2)48(28(3)4)55(52-22-12-18-41)54-35-25-38(47-21-17-37(46-40(47)50)45-39(49)29-13-6-5-7-14-29)53-36(35)26-51-30-23-33(31-15-8-10-19-42-31)44-34(24-30)32-16-9-11-20-43-32/h5-11,13-17,19-21,23-24,27-28,35-36,38H,12,22,25-26H2,1-4H3,(H,45,46,49,50)/t35-,36+,38+,55?/m0/s1. The molecule has 1 saturated heterocycles. The molecule has 5 aromatic rings. The van der Waals surface area contributed by atoms with E-state index in [1.807, 2.05) is 54.6 Å². The largest absolute Gasteiger partial charge is 0.491 e. The Kier molecular flexibility index (Phi) is 13.4. The SMILES string of the molecule is CC(C)N(C(C)C)P(OCCC#N)O[C@H]1C[C@H](n2ccc(NC(=O)c3ccccc3)nc2=O)O[C@@H]1COc1cc(-c2ccccn2)nc(-c2ccccn2)c1. The Morgan fingerprint density at radius 1 is 0.945 bits per heavy atom. The van der Waals surface area contributed by atoms with Crippen LogP contribution in [0.3, 0.4) is 0 Å². The van der Waals surface area contributed by atoms with Crippen molar-refractivity contribution in [2.24, 2.45) is 0 Å². The monoisotopic (exact) mass is 762 g/mol. The molecule has 55 heavy (non-hydrogen) atoms. The minimum absolute atomic E-state index is 0.0482. The van der Waals surface area contributed by atoms with Gasteiger partial charge in [0.2, 0.25) is 0 Å². The summed E-state index contributed by atoms with van der Waals surface area (Å²) in [6, 6.07) is 27.3. The van der Waals surface area contributed by atoms with E-state index in [0.29, 0.717) is 34.1 Å². The zero-order valence-corrected chi connectivity index (χ0v) is 32.0. The first-order valence-corrected chi connectivity index (χ1v) is 19.2. The third kappa shape index (κ3) is 10.2. The molecule has 4 atom stereocenters. The van der Waals surface area contributed by atoms with Crippen molar-refractivity contribution in [2.45, 2.75) is 71.1 Å². The molecule has 4 aromatic heterocycles. The highest BCUT2D eigenvalue weighted by Gasteiger charge is 2.42. The zero-order chi connectivity index (χ0) is 38.7. The van der Waals surface area contributed by atoms with Gasteiger partial charge in [-0.1, -0.05) is 30.3 Å². The van der Waals surface area contributed by atoms with Gasteiger partial charge in [0.15, 0.2) is 0 Å². The minimum Gasteiger partial charge on any atom is -0.491 e. The molecule has 1 aromatic carbocycles. The van der Waals surface area contributed by atoms with E-state index in [1.54, 1.807) is 48.9 Å². The number of aromatic nitrogens is 5. The van der Waals surface area contributed by atoms with Gasteiger partial charge in [-0.05, 0) is 70.2 Å². The number of nitrogens with zero attached hydrogens (tertiary/aromatic N) is 7. The van der Waals surface area contributed by atoms with E-state index in [1.165, 1.54) is 4.57 Å². The van der Waals surface area contributed by atoms with Gasteiger partial charge in [-0.25, -0.2) is 14.4 Å². The molecule has 1 fully saturated rings. The van der Waals surface area contributed by atoms with Crippen molar-refractivity contribution >= 4 is 20.3 Å². The lowest BCUT2D eigenvalue weighted by Gasteiger charge is -2.37. The van der Waals surface area contributed by atoms with Crippen LogP contribution < -0.4 is 15.7 Å². The highest BCUT2D eigenvalue weighted by molar-refractivity contribution is 7.44. The molecule has 14 nitrogen and oxygen atoms in total. The smallest absolute Gasteiger partial charge is 0.351 e. The van der Waals surface area contributed by atoms with Crippen molar-refractivity contribution in [1.29, 1.82) is 5.26 Å². The molecule has 1 aliphatic rings. The first-order valence-electron chi connectivity index (χ1n) is 18.0. The Hall–Kier alpha value is -5.42. The molecular weight excluding hydrogens is 719 g/mol. The lowest BCUT2D eigenvalue weighted by atomic mass is 10.1. The van der Waals surface area contributed by atoms with Gasteiger partial charge in [0.05, 0.1) is 48.0 Å². The van der Waals surface area contributed by atoms with Crippen molar-refractivity contribution in [2.75, 3.05) is 18.5 Å². The maximum absolute atomic E-state index is 13.4. The molecule has 1 unspecified atom stereocenters. The summed E-state index contributed by atoms with van der Waals surface area (Å²) in [5.41, 5.74) is 2.38. The van der Waals surface area contributed by atoms with E-state index in [-0.39, 0.29) is 49.9 Å². The molecule has 0 radical (unpaired) electrons. The molecule has 1 N–H and O–H groups in total. The van der Waals surface area contributed by atoms with Crippen LogP contribution in [-0.2, 0) is 13.8 Å². The van der Waals surface area contributed by atoms with Crippen molar-refractivity contribution in [3.63, 3.8) is 0 Å². The number of carbonyl (C=O) groups is 1. The quantitative estimate of drug-likeness (QED) is 0.0806. The second-order valence-corrected chi connectivity index (χ2v) is 14.6. The fraction of sp³-hybridized carbons (Fsp3) is 0.325. The van der Waals surface area contributed by atoms with Crippen LogP contribution in [0.5, 0.6) is 5.75 Å². The highest BCUT2D eigenvalue weighted by Crippen LogP contribution is 2.50. The molecule has 0 aliphatic carbocycles. The Morgan fingerprint density at radius 3 is 2.18 bits per heavy atom. The van der Waals surface area contributed by atoms with Gasteiger partial charge < -0.3 is 23.8 Å². The lowest BCUT2D eigenvalue weighted by Crippen LogP contribution is -2.37. The summed E-state index contributed by atoms with van der Waals surface area (Å²) in [5, 5.41) is 11.9. The molecule has 5 heterocycles. The Morgan fingerprint density at radius 2 is 1.60 bits per heavy atom. The van der Waals surface area contributed by atoms with Gasteiger partial charge in [0, 0.05) is 54.8 Å². The summed E-state index contributed by atoms with van der Waals surface area (Å²) < 4.78 is 29.5. The van der Waals surface area contributed by atoms with Crippen molar-refractivity contribution < 1.29 is 23.3 Å². The number of ether oxygens (including phenoxy) is 2. The number of pyridine rings is 3. The maximum atomic E-state index is 13.4. The summed E-state index contributed by atoms with van der Waals surface area (Å²) in [7, 11) is -1.65. The van der Waals surface area contributed by atoms with E-state index in [2.05, 4.69) is 58.7 Å². The van der Waals surface area contributed by atoms with Crippen LogP contribution in [0.2, 0.25) is 0 Å². The van der Waals surface area contributed by atoms with Gasteiger partial charge in [-0.2, -0.15) is 10.2 Å². The number of benzene rings is 1. The minimum atomic E-state index is -1.65. The summed E-state index contributed by atoms with van der Waals surface area (Å²) in [4.78, 5) is 44.1. The molecule has 1 aliphatic heterocycles. The fourth-order valence-electron chi connectivity index (χ4n) is 6.08. The second kappa shape index (κ2) is 18.8. The Bertz CT molecular complexity index is 2050. The second-order valence-electron chi connectivity index (χ2n) is 13.2. The van der Waals surface area contributed by atoms with E-state index < -0.39 is 32.7 Å². The van der Waals surface area contributed by atoms with Crippen LogP contribution in [0.15, 0.2) is 108 Å². The number of hydrogen-bond donors (Lipinski definition) is 1. The van der Waals surface area contributed by atoms with Crippen LogP contribution in [0, 0.1) is 11.3 Å². The molecule has 1 amide bonds. The molecule has 0 saturated carbocycles. The van der Waals surface area contributed by atoms with Crippen LogP contribution in [0.1, 0.15) is 57.1 Å². The molecule has 284 valence electrons. The molecule has 0 bridgehead atoms. The number of anilines is 1. The summed E-state index contributed by atoms with van der Waals surface area (Å²) >= 11 is 0. The average molecular weight is 763 g/mol. The van der Waals surface area contributed by atoms with Gasteiger partial charge in [-0.15, -0.1) is 0 Å². The summed E-state index contributed by atoms with van der Waals surface area (Å²) in [6.45, 7) is 8.49. The van der Waals surface area contributed by atoms with Gasteiger partial charge in [-0.3, -0.25) is 19.3 Å². The Balaban J connectivity index is 1.28. The van der Waals surface area contributed by atoms with Crippen LogP contribution in [0.4, 0.5) is 5.82 Å². The number of nitriles is 1. The molecule has 0 spiro atoms. The van der Waals surface area contributed by atoms with E-state index in [9.17, 15) is 14.9 Å². The fourth-order valence-corrected chi connectivity index (χ4v) is 7.84. The maximum Gasteiger partial charge on any atom is 0.351 e. The first-order chi connectivity index (χ1) is 26.7. The van der Waals surface area contributed by atoms with E-state index in [0.717, 1.165) is 0 Å². The number of rotatable bonds is 16. The van der Waals surface area contributed by atoms with E-state index >= 15 is 0 Å². The van der Waals surface area contributed by atoms with Crippen molar-refractivity contribution in [3.05, 3.63) is 120 Å². The number of amides is 1. The zero-order valence-electron chi connectivity index (χ0n) is 31.1. The molecule has 6 rings (SSSR count). The molecule has 15 heteroatoms. The van der Waals surface area contributed by atoms with Gasteiger partial charge >= 0.3 is 5.69 Å². The highest BCUT2D eigenvalue weighted by atomic mass is 31.2. The van der Waals surface area contributed by atoms with Crippen LogP contribution >= 0.6 is 8.53 Å². The number of nitrogens with one attached hydrogen (secondary N) is 1. The normalized spacial score (nSPS) is 17.3. The third-order valence-electron chi connectivity index (χ3n) is 8.55.